The van der Waals surface area contributed by atoms with Gasteiger partial charge in [0.05, 0.1) is 13.0 Å². The van der Waals surface area contributed by atoms with Crippen molar-refractivity contribution < 1.29 is 9.53 Å². The zero-order valence-corrected chi connectivity index (χ0v) is 16.0. The van der Waals surface area contributed by atoms with Crippen LogP contribution in [0, 0.1) is 41.4 Å². The molecule has 140 valence electrons. The van der Waals surface area contributed by atoms with Gasteiger partial charge < -0.3 is 4.74 Å². The molecule has 0 spiro atoms. The van der Waals surface area contributed by atoms with Crippen LogP contribution in [0.15, 0.2) is 35.5 Å². The lowest BCUT2D eigenvalue weighted by Gasteiger charge is -2.52. The first-order valence-corrected chi connectivity index (χ1v) is 10.9. The van der Waals surface area contributed by atoms with E-state index in [9.17, 15) is 4.79 Å². The standard InChI is InChI=1S/C24H32O2/c1-26-24(25)17-7-6-16-9-11-21-20-10-8-15-4-2-3-5-18(15)19(20)12-13-22(21)23(16)14-17/h5,8,10,12,15-17,20-23H,2-4,6-7,9,11,13-14H2,1H3. The Kier molecular flexibility index (Phi) is 4.33. The van der Waals surface area contributed by atoms with Crippen LogP contribution in [0.3, 0.4) is 0 Å². The van der Waals surface area contributed by atoms with Gasteiger partial charge in [-0.15, -0.1) is 0 Å². The molecule has 0 aromatic heterocycles. The fraction of sp³-hybridized carbons (Fsp3) is 0.708. The maximum Gasteiger partial charge on any atom is 0.308 e. The molecule has 0 radical (unpaired) electrons. The Morgan fingerprint density at radius 1 is 0.962 bits per heavy atom. The second kappa shape index (κ2) is 6.69. The van der Waals surface area contributed by atoms with Gasteiger partial charge in [0.15, 0.2) is 0 Å². The van der Waals surface area contributed by atoms with Crippen molar-refractivity contribution in [1.82, 2.24) is 0 Å². The number of carbonyl (C=O) groups is 1. The van der Waals surface area contributed by atoms with E-state index >= 15 is 0 Å². The van der Waals surface area contributed by atoms with Crippen molar-refractivity contribution in [3.8, 4) is 0 Å². The van der Waals surface area contributed by atoms with E-state index in [0.717, 1.165) is 36.5 Å². The van der Waals surface area contributed by atoms with Gasteiger partial charge in [-0.25, -0.2) is 0 Å². The van der Waals surface area contributed by atoms with Crippen LogP contribution < -0.4 is 0 Å². The normalized spacial score (nSPS) is 43.8. The second-order valence-electron chi connectivity index (χ2n) is 9.36. The van der Waals surface area contributed by atoms with Gasteiger partial charge in [-0.1, -0.05) is 24.3 Å². The lowest BCUT2D eigenvalue weighted by Crippen LogP contribution is -2.44. The number of hydrogen-bond donors (Lipinski definition) is 0. The van der Waals surface area contributed by atoms with E-state index in [1.54, 1.807) is 18.3 Å². The molecule has 0 saturated heterocycles. The number of ether oxygens (including phenoxy) is 1. The number of methoxy groups -OCH3 is 1. The highest BCUT2D eigenvalue weighted by Gasteiger charge is 2.48. The first-order valence-electron chi connectivity index (χ1n) is 10.9. The van der Waals surface area contributed by atoms with E-state index in [-0.39, 0.29) is 11.9 Å². The van der Waals surface area contributed by atoms with Gasteiger partial charge in [0.2, 0.25) is 0 Å². The minimum absolute atomic E-state index is 0.0328. The highest BCUT2D eigenvalue weighted by Crippen LogP contribution is 2.56. The SMILES string of the molecule is COC(=O)C1CCC2CCC3C4C=CC5CCCC=C5C4=CCC3C2C1. The molecule has 0 aromatic carbocycles. The average Bonchev–Trinajstić information content (AvgIpc) is 2.71. The monoisotopic (exact) mass is 352 g/mol. The smallest absolute Gasteiger partial charge is 0.308 e. The summed E-state index contributed by atoms with van der Waals surface area (Å²) >= 11 is 0. The molecule has 0 heterocycles. The quantitative estimate of drug-likeness (QED) is 0.462. The first kappa shape index (κ1) is 16.8. The summed E-state index contributed by atoms with van der Waals surface area (Å²) in [6.45, 7) is 0. The highest BCUT2D eigenvalue weighted by molar-refractivity contribution is 5.72. The van der Waals surface area contributed by atoms with Crippen LogP contribution in [0.25, 0.3) is 0 Å². The van der Waals surface area contributed by atoms with Gasteiger partial charge in [-0.2, -0.15) is 0 Å². The predicted octanol–water partition coefficient (Wildman–Crippen LogP) is 5.46. The number of fused-ring (bicyclic) bond motifs is 7. The van der Waals surface area contributed by atoms with Crippen molar-refractivity contribution in [2.24, 2.45) is 41.4 Å². The molecular weight excluding hydrogens is 320 g/mol. The van der Waals surface area contributed by atoms with E-state index in [1.165, 1.54) is 44.9 Å². The average molecular weight is 353 g/mol. The molecule has 5 rings (SSSR count). The summed E-state index contributed by atoms with van der Waals surface area (Å²) in [6.07, 6.45) is 21.5. The Balaban J connectivity index is 1.41. The van der Waals surface area contributed by atoms with Crippen LogP contribution in [0.1, 0.15) is 57.8 Å². The number of esters is 1. The maximum absolute atomic E-state index is 12.1. The number of rotatable bonds is 1. The van der Waals surface area contributed by atoms with Crippen LogP contribution in [0.4, 0.5) is 0 Å². The Morgan fingerprint density at radius 2 is 1.85 bits per heavy atom. The van der Waals surface area contributed by atoms with E-state index in [2.05, 4.69) is 24.3 Å². The van der Waals surface area contributed by atoms with E-state index in [1.807, 2.05) is 0 Å². The van der Waals surface area contributed by atoms with Crippen molar-refractivity contribution in [3.63, 3.8) is 0 Å². The minimum Gasteiger partial charge on any atom is -0.469 e. The largest absolute Gasteiger partial charge is 0.469 e. The van der Waals surface area contributed by atoms with Gasteiger partial charge in [0.25, 0.3) is 0 Å². The van der Waals surface area contributed by atoms with Crippen LogP contribution in [-0.2, 0) is 9.53 Å². The molecule has 26 heavy (non-hydrogen) atoms. The van der Waals surface area contributed by atoms with Crippen molar-refractivity contribution >= 4 is 5.97 Å². The van der Waals surface area contributed by atoms with Crippen LogP contribution >= 0.6 is 0 Å². The summed E-state index contributed by atoms with van der Waals surface area (Å²) in [5, 5.41) is 0. The van der Waals surface area contributed by atoms with Crippen molar-refractivity contribution in [2.45, 2.75) is 57.8 Å². The molecule has 5 aliphatic rings. The van der Waals surface area contributed by atoms with E-state index in [4.69, 9.17) is 4.74 Å². The summed E-state index contributed by atoms with van der Waals surface area (Å²) < 4.78 is 5.08. The summed E-state index contributed by atoms with van der Waals surface area (Å²) in [6, 6.07) is 0. The van der Waals surface area contributed by atoms with Gasteiger partial charge >= 0.3 is 5.97 Å². The van der Waals surface area contributed by atoms with Gasteiger partial charge in [-0.05, 0) is 92.6 Å². The molecule has 2 nitrogen and oxygen atoms in total. The molecule has 7 unspecified atom stereocenters. The third-order valence-corrected chi connectivity index (χ3v) is 8.35. The lowest BCUT2D eigenvalue weighted by atomic mass is 9.53. The number of carbonyl (C=O) groups excluding carboxylic acids is 1. The molecule has 0 amide bonds. The van der Waals surface area contributed by atoms with Crippen LogP contribution in [0.5, 0.6) is 0 Å². The summed E-state index contributed by atoms with van der Waals surface area (Å²) in [5.41, 5.74) is 3.35. The molecule has 0 bridgehead atoms. The maximum atomic E-state index is 12.1. The molecule has 2 saturated carbocycles. The Bertz CT molecular complexity index is 670. The fourth-order valence-corrected chi connectivity index (χ4v) is 7.14. The highest BCUT2D eigenvalue weighted by atomic mass is 16.5. The van der Waals surface area contributed by atoms with Gasteiger partial charge in [0, 0.05) is 11.8 Å². The van der Waals surface area contributed by atoms with Gasteiger partial charge in [-0.3, -0.25) is 4.79 Å². The third-order valence-electron chi connectivity index (χ3n) is 8.35. The fourth-order valence-electron chi connectivity index (χ4n) is 7.14. The zero-order chi connectivity index (χ0) is 17.7. The Morgan fingerprint density at radius 3 is 2.73 bits per heavy atom. The molecule has 0 N–H and O–H groups in total. The van der Waals surface area contributed by atoms with E-state index in [0.29, 0.717) is 11.8 Å². The van der Waals surface area contributed by atoms with E-state index < -0.39 is 0 Å². The molecule has 2 fully saturated rings. The summed E-state index contributed by atoms with van der Waals surface area (Å²) in [5.74, 6) is 4.68. The molecule has 2 heteroatoms. The minimum atomic E-state index is 0.0328. The van der Waals surface area contributed by atoms with Crippen LogP contribution in [0.2, 0.25) is 0 Å². The van der Waals surface area contributed by atoms with Crippen molar-refractivity contribution in [2.75, 3.05) is 7.11 Å². The molecule has 7 atom stereocenters. The predicted molar refractivity (Wildman–Crippen MR) is 103 cm³/mol. The summed E-state index contributed by atoms with van der Waals surface area (Å²) in [7, 11) is 1.55. The Labute approximate surface area is 157 Å². The zero-order valence-electron chi connectivity index (χ0n) is 16.0. The van der Waals surface area contributed by atoms with Crippen molar-refractivity contribution in [3.05, 3.63) is 35.5 Å². The van der Waals surface area contributed by atoms with Crippen molar-refractivity contribution in [1.29, 1.82) is 0 Å². The number of hydrogen-bond acceptors (Lipinski definition) is 2. The topological polar surface area (TPSA) is 26.3 Å². The molecule has 0 aromatic rings. The molecule has 5 aliphatic carbocycles. The first-order chi connectivity index (χ1) is 12.8. The lowest BCUT2D eigenvalue weighted by molar-refractivity contribution is -0.148. The van der Waals surface area contributed by atoms with Gasteiger partial charge in [0.1, 0.15) is 0 Å². The molecular formula is C24H32O2. The number of allylic oxidation sites excluding steroid dienone is 6. The van der Waals surface area contributed by atoms with Crippen LogP contribution in [-0.4, -0.2) is 13.1 Å². The molecule has 0 aliphatic heterocycles. The summed E-state index contributed by atoms with van der Waals surface area (Å²) in [4.78, 5) is 12.1. The third kappa shape index (κ3) is 2.63. The second-order valence-corrected chi connectivity index (χ2v) is 9.36. The Hall–Kier alpha value is -1.31.